The first kappa shape index (κ1) is 7.53. The maximum absolute atomic E-state index is 5.30. The van der Waals surface area contributed by atoms with Gasteiger partial charge in [0.1, 0.15) is 0 Å². The molecule has 0 amide bonds. The van der Waals surface area contributed by atoms with Crippen molar-refractivity contribution in [1.82, 2.24) is 0 Å². The molecule has 2 heteroatoms. The molecule has 0 bridgehead atoms. The second-order valence-corrected chi connectivity index (χ2v) is 1.32. The summed E-state index contributed by atoms with van der Waals surface area (Å²) in [6.45, 7) is 0. The minimum Gasteiger partial charge on any atom is -0.420 e. The monoisotopic (exact) mass is 151 g/mol. The van der Waals surface area contributed by atoms with Crippen molar-refractivity contribution in [2.24, 2.45) is 0 Å². The Labute approximate surface area is 59.1 Å². The molecular weight excluding hydrogens is 145 g/mol. The number of hydrogen-bond acceptors (Lipinski definition) is 1. The fraction of sp³-hybridized carbons (Fsp3) is 0. The Morgan fingerprint density at radius 2 is 2.12 bits per heavy atom. The number of anilines is 1. The second-order valence-electron chi connectivity index (χ2n) is 1.32. The van der Waals surface area contributed by atoms with Crippen molar-refractivity contribution < 1.29 is 16.8 Å². The smallest absolute Gasteiger partial charge is 0 e. The van der Waals surface area contributed by atoms with Crippen molar-refractivity contribution in [2.75, 3.05) is 5.73 Å². The molecule has 1 nitrogen and oxygen atoms in total. The van der Waals surface area contributed by atoms with E-state index in [-0.39, 0.29) is 16.8 Å². The van der Waals surface area contributed by atoms with Crippen LogP contribution in [0.2, 0.25) is 0 Å². The predicted molar refractivity (Wildman–Crippen MR) is 29.7 cm³/mol. The Hall–Kier alpha value is -0.474. The van der Waals surface area contributed by atoms with Crippen molar-refractivity contribution in [2.45, 2.75) is 0 Å². The molecule has 0 aromatic heterocycles. The van der Waals surface area contributed by atoms with E-state index in [0.29, 0.717) is 5.69 Å². The summed E-state index contributed by atoms with van der Waals surface area (Å²) in [7, 11) is 0. The van der Waals surface area contributed by atoms with E-state index in [0.717, 1.165) is 0 Å². The molecule has 2 N–H and O–H groups in total. The molecule has 1 radical (unpaired) electrons. The number of benzene rings is 1. The van der Waals surface area contributed by atoms with Crippen LogP contribution in [0.25, 0.3) is 0 Å². The number of nitrogen functional groups attached to an aromatic ring is 1. The molecular formula is C6H6CoN-. The molecule has 1 aromatic carbocycles. The Morgan fingerprint density at radius 3 is 2.38 bits per heavy atom. The van der Waals surface area contributed by atoms with Gasteiger partial charge in [-0.05, 0) is 0 Å². The molecule has 1 rings (SSSR count). The zero-order valence-corrected chi connectivity index (χ0v) is 5.26. The van der Waals surface area contributed by atoms with E-state index in [1.54, 1.807) is 12.1 Å². The summed E-state index contributed by atoms with van der Waals surface area (Å²) in [4.78, 5) is 0. The van der Waals surface area contributed by atoms with Crippen molar-refractivity contribution >= 4 is 5.69 Å². The Morgan fingerprint density at radius 1 is 1.38 bits per heavy atom. The number of para-hydroxylation sites is 1. The van der Waals surface area contributed by atoms with Crippen LogP contribution >= 0.6 is 0 Å². The number of rotatable bonds is 0. The predicted octanol–water partition coefficient (Wildman–Crippen LogP) is 1.07. The van der Waals surface area contributed by atoms with Gasteiger partial charge in [0.15, 0.2) is 0 Å². The first-order valence-corrected chi connectivity index (χ1v) is 2.12. The van der Waals surface area contributed by atoms with E-state index in [9.17, 15) is 0 Å². The van der Waals surface area contributed by atoms with Crippen molar-refractivity contribution in [3.8, 4) is 0 Å². The maximum Gasteiger partial charge on any atom is 0 e. The Balaban J connectivity index is 0.000000490. The van der Waals surface area contributed by atoms with Gasteiger partial charge >= 0.3 is 0 Å². The van der Waals surface area contributed by atoms with E-state index in [1.165, 1.54) is 0 Å². The van der Waals surface area contributed by atoms with Crippen LogP contribution in [0.3, 0.4) is 0 Å². The summed E-state index contributed by atoms with van der Waals surface area (Å²) in [5.41, 5.74) is 6.00. The summed E-state index contributed by atoms with van der Waals surface area (Å²) in [5.74, 6) is 0. The van der Waals surface area contributed by atoms with Gasteiger partial charge < -0.3 is 5.73 Å². The topological polar surface area (TPSA) is 26.0 Å². The molecule has 0 saturated heterocycles. The van der Waals surface area contributed by atoms with E-state index in [1.807, 2.05) is 12.1 Å². The molecule has 0 fully saturated rings. The standard InChI is InChI=1S/C6H6N.Co/c7-6-4-2-1-3-5-6;/h1-4H,7H2;/q-1;. The molecule has 45 valence electrons. The fourth-order valence-electron chi connectivity index (χ4n) is 0.407. The van der Waals surface area contributed by atoms with Gasteiger partial charge in [-0.3, -0.25) is 0 Å². The van der Waals surface area contributed by atoms with Crippen LogP contribution in [0, 0.1) is 6.07 Å². The summed E-state index contributed by atoms with van der Waals surface area (Å²) in [6.07, 6.45) is 0. The zero-order chi connectivity index (χ0) is 5.11. The van der Waals surface area contributed by atoms with Crippen molar-refractivity contribution in [3.63, 3.8) is 0 Å². The minimum absolute atomic E-state index is 0. The van der Waals surface area contributed by atoms with Gasteiger partial charge in [-0.1, -0.05) is 5.69 Å². The van der Waals surface area contributed by atoms with Crippen LogP contribution in [0.1, 0.15) is 0 Å². The molecule has 0 saturated carbocycles. The van der Waals surface area contributed by atoms with Crippen molar-refractivity contribution in [1.29, 1.82) is 0 Å². The molecule has 8 heavy (non-hydrogen) atoms. The van der Waals surface area contributed by atoms with Gasteiger partial charge in [0, 0.05) is 16.8 Å². The van der Waals surface area contributed by atoms with Crippen LogP contribution in [-0.2, 0) is 16.8 Å². The van der Waals surface area contributed by atoms with Gasteiger partial charge in [0.25, 0.3) is 0 Å². The van der Waals surface area contributed by atoms with Crippen LogP contribution in [0.5, 0.6) is 0 Å². The largest absolute Gasteiger partial charge is 0.420 e. The quantitative estimate of drug-likeness (QED) is 0.435. The van der Waals surface area contributed by atoms with Crippen molar-refractivity contribution in [3.05, 3.63) is 30.3 Å². The molecule has 0 heterocycles. The Kier molecular flexibility index (Phi) is 3.31. The molecule has 0 atom stereocenters. The maximum atomic E-state index is 5.30. The first-order chi connectivity index (χ1) is 3.39. The normalized spacial score (nSPS) is 7.50. The van der Waals surface area contributed by atoms with Gasteiger partial charge in [-0.2, -0.15) is 24.3 Å². The molecule has 0 spiro atoms. The molecule has 0 aliphatic heterocycles. The van der Waals surface area contributed by atoms with E-state index < -0.39 is 0 Å². The third-order valence-corrected chi connectivity index (χ3v) is 0.733. The SMILES string of the molecule is Nc1[c-]cccc1.[Co]. The second kappa shape index (κ2) is 3.52. The average Bonchev–Trinajstić information content (AvgIpc) is 1.69. The third-order valence-electron chi connectivity index (χ3n) is 0.733. The van der Waals surface area contributed by atoms with Crippen LogP contribution in [-0.4, -0.2) is 0 Å². The van der Waals surface area contributed by atoms with Gasteiger partial charge in [0.2, 0.25) is 0 Å². The average molecular weight is 151 g/mol. The zero-order valence-electron chi connectivity index (χ0n) is 4.22. The minimum atomic E-state index is 0. The molecule has 0 aliphatic rings. The van der Waals surface area contributed by atoms with Gasteiger partial charge in [0.05, 0.1) is 0 Å². The summed E-state index contributed by atoms with van der Waals surface area (Å²) in [6, 6.07) is 10.2. The van der Waals surface area contributed by atoms with Gasteiger partial charge in [-0.15, -0.1) is 6.07 Å². The molecule has 0 aliphatic carbocycles. The van der Waals surface area contributed by atoms with Crippen LogP contribution < -0.4 is 5.73 Å². The fourth-order valence-corrected chi connectivity index (χ4v) is 0.407. The number of nitrogens with two attached hydrogens (primary N) is 1. The van der Waals surface area contributed by atoms with E-state index in [2.05, 4.69) is 6.07 Å². The molecule has 1 aromatic rings. The third kappa shape index (κ3) is 2.00. The van der Waals surface area contributed by atoms with Crippen LogP contribution in [0.15, 0.2) is 24.3 Å². The van der Waals surface area contributed by atoms with E-state index >= 15 is 0 Å². The summed E-state index contributed by atoms with van der Waals surface area (Å²) < 4.78 is 0. The van der Waals surface area contributed by atoms with Crippen LogP contribution in [0.4, 0.5) is 5.69 Å². The molecule has 0 unspecified atom stereocenters. The summed E-state index contributed by atoms with van der Waals surface area (Å²) >= 11 is 0. The van der Waals surface area contributed by atoms with Gasteiger partial charge in [-0.25, -0.2) is 0 Å². The summed E-state index contributed by atoms with van der Waals surface area (Å²) in [5, 5.41) is 0. The Bertz CT molecular complexity index is 138. The first-order valence-electron chi connectivity index (χ1n) is 2.12. The van der Waals surface area contributed by atoms with E-state index in [4.69, 9.17) is 5.73 Å². The number of hydrogen-bond donors (Lipinski definition) is 1.